The molecular formula is C25H34N2O4. The normalized spacial score (nSPS) is 29.5. The number of rotatable bonds is 8. The zero-order chi connectivity index (χ0) is 21.2. The van der Waals surface area contributed by atoms with Gasteiger partial charge < -0.3 is 19.5 Å². The van der Waals surface area contributed by atoms with Crippen molar-refractivity contribution < 1.29 is 19.4 Å². The summed E-state index contributed by atoms with van der Waals surface area (Å²) in [7, 11) is 0. The van der Waals surface area contributed by atoms with Gasteiger partial charge in [-0.2, -0.15) is 0 Å². The van der Waals surface area contributed by atoms with Gasteiger partial charge in [0, 0.05) is 32.2 Å². The fraction of sp³-hybridized carbons (Fsp3) is 0.640. The smallest absolute Gasteiger partial charge is 0.289 e. The van der Waals surface area contributed by atoms with Crippen LogP contribution in [0.1, 0.15) is 56.4 Å². The van der Waals surface area contributed by atoms with Crippen molar-refractivity contribution >= 4 is 5.91 Å². The molecule has 1 aromatic carbocycles. The summed E-state index contributed by atoms with van der Waals surface area (Å²) in [6.07, 6.45) is 9.44. The maximum absolute atomic E-state index is 12.9. The molecule has 0 aromatic heterocycles. The lowest BCUT2D eigenvalue weighted by molar-refractivity contribution is -0.130. The molecule has 1 aromatic rings. The van der Waals surface area contributed by atoms with Gasteiger partial charge in [-0.05, 0) is 74.6 Å². The molecule has 6 heteroatoms. The van der Waals surface area contributed by atoms with Crippen LogP contribution in [0.15, 0.2) is 36.1 Å². The second-order valence-corrected chi connectivity index (χ2v) is 9.52. The van der Waals surface area contributed by atoms with E-state index in [1.165, 1.54) is 18.4 Å². The van der Waals surface area contributed by atoms with E-state index in [1.54, 1.807) is 0 Å². The number of nitrogens with zero attached hydrogens (tertiary/aromatic N) is 2. The molecule has 168 valence electrons. The summed E-state index contributed by atoms with van der Waals surface area (Å²) in [5, 5.41) is 9.61. The van der Waals surface area contributed by atoms with Gasteiger partial charge in [0.1, 0.15) is 5.75 Å². The SMILES string of the molecule is O=C1C(Oc2ccc(C3CC3)cc2)=CCN1C1CCC(OCCN2CCC(O)C2)CC1. The van der Waals surface area contributed by atoms with E-state index in [-0.39, 0.29) is 24.2 Å². The molecule has 1 unspecified atom stereocenters. The number of amides is 1. The Labute approximate surface area is 184 Å². The molecule has 6 nitrogen and oxygen atoms in total. The predicted molar refractivity (Wildman–Crippen MR) is 118 cm³/mol. The highest BCUT2D eigenvalue weighted by atomic mass is 16.5. The van der Waals surface area contributed by atoms with E-state index >= 15 is 0 Å². The number of carbonyl (C=O) groups is 1. The van der Waals surface area contributed by atoms with Gasteiger partial charge in [-0.1, -0.05) is 12.1 Å². The molecule has 2 aliphatic heterocycles. The highest BCUT2D eigenvalue weighted by Gasteiger charge is 2.34. The van der Waals surface area contributed by atoms with Crippen LogP contribution in [-0.2, 0) is 9.53 Å². The summed E-state index contributed by atoms with van der Waals surface area (Å²) in [5.41, 5.74) is 1.37. The van der Waals surface area contributed by atoms with Crippen molar-refractivity contribution in [2.75, 3.05) is 32.8 Å². The molecule has 1 N–H and O–H groups in total. The Kier molecular flexibility index (Phi) is 6.30. The molecule has 1 atom stereocenters. The largest absolute Gasteiger partial charge is 0.452 e. The average Bonchev–Trinajstić information content (AvgIpc) is 3.46. The van der Waals surface area contributed by atoms with Gasteiger partial charge in [0.25, 0.3) is 5.91 Å². The number of carbonyl (C=O) groups excluding carboxylic acids is 1. The van der Waals surface area contributed by atoms with Crippen LogP contribution in [0.3, 0.4) is 0 Å². The molecule has 2 aliphatic carbocycles. The Morgan fingerprint density at radius 1 is 1.00 bits per heavy atom. The Balaban J connectivity index is 1.04. The molecule has 1 saturated heterocycles. The third-order valence-electron chi connectivity index (χ3n) is 7.19. The molecule has 0 spiro atoms. The molecule has 0 radical (unpaired) electrons. The highest BCUT2D eigenvalue weighted by molar-refractivity contribution is 5.94. The Hall–Kier alpha value is -1.89. The van der Waals surface area contributed by atoms with Crippen molar-refractivity contribution in [1.82, 2.24) is 9.80 Å². The summed E-state index contributed by atoms with van der Waals surface area (Å²) in [6, 6.07) is 8.48. The topological polar surface area (TPSA) is 62.2 Å². The summed E-state index contributed by atoms with van der Waals surface area (Å²) in [5.74, 6) is 1.95. The van der Waals surface area contributed by atoms with Gasteiger partial charge in [0.2, 0.25) is 0 Å². The van der Waals surface area contributed by atoms with Crippen molar-refractivity contribution in [1.29, 1.82) is 0 Å². The molecule has 2 saturated carbocycles. The number of β-amino-alcohol motifs (C(OH)–C–C–N with tert-alkyl or cyclic N) is 1. The van der Waals surface area contributed by atoms with Crippen LogP contribution in [0.4, 0.5) is 0 Å². The van der Waals surface area contributed by atoms with Gasteiger partial charge in [-0.25, -0.2) is 0 Å². The summed E-state index contributed by atoms with van der Waals surface area (Å²) < 4.78 is 12.0. The van der Waals surface area contributed by atoms with Crippen LogP contribution in [0.5, 0.6) is 5.75 Å². The first-order valence-electron chi connectivity index (χ1n) is 12.0. The molecule has 3 fully saturated rings. The minimum atomic E-state index is -0.169. The average molecular weight is 427 g/mol. The van der Waals surface area contributed by atoms with E-state index in [0.29, 0.717) is 12.3 Å². The van der Waals surface area contributed by atoms with E-state index in [2.05, 4.69) is 17.0 Å². The first-order valence-corrected chi connectivity index (χ1v) is 12.0. The zero-order valence-electron chi connectivity index (χ0n) is 18.2. The third-order valence-corrected chi connectivity index (χ3v) is 7.19. The van der Waals surface area contributed by atoms with Crippen LogP contribution < -0.4 is 4.74 Å². The van der Waals surface area contributed by atoms with E-state index in [4.69, 9.17) is 9.47 Å². The molecule has 1 amide bonds. The monoisotopic (exact) mass is 426 g/mol. The predicted octanol–water partition coefficient (Wildman–Crippen LogP) is 3.06. The number of benzene rings is 1. The van der Waals surface area contributed by atoms with E-state index in [1.807, 2.05) is 23.1 Å². The van der Waals surface area contributed by atoms with Gasteiger partial charge in [0.15, 0.2) is 5.76 Å². The summed E-state index contributed by atoms with van der Waals surface area (Å²) in [6.45, 7) is 4.01. The maximum atomic E-state index is 12.9. The lowest BCUT2D eigenvalue weighted by Crippen LogP contribution is -2.41. The fourth-order valence-corrected chi connectivity index (χ4v) is 5.13. The van der Waals surface area contributed by atoms with Crippen molar-refractivity contribution in [2.45, 2.75) is 69.1 Å². The molecule has 2 heterocycles. The first-order chi connectivity index (χ1) is 15.2. The van der Waals surface area contributed by atoms with Crippen molar-refractivity contribution in [3.05, 3.63) is 41.7 Å². The van der Waals surface area contributed by atoms with Crippen molar-refractivity contribution in [2.24, 2.45) is 0 Å². The van der Waals surface area contributed by atoms with Crippen molar-refractivity contribution in [3.63, 3.8) is 0 Å². The summed E-state index contributed by atoms with van der Waals surface area (Å²) >= 11 is 0. The molecule has 31 heavy (non-hydrogen) atoms. The molecule has 0 bridgehead atoms. The number of aliphatic hydroxyl groups excluding tert-OH is 1. The van der Waals surface area contributed by atoms with E-state index in [0.717, 1.165) is 70.0 Å². The van der Waals surface area contributed by atoms with Gasteiger partial charge in [-0.3, -0.25) is 9.69 Å². The minimum absolute atomic E-state index is 0.0169. The Morgan fingerprint density at radius 3 is 2.45 bits per heavy atom. The van der Waals surface area contributed by atoms with Crippen LogP contribution >= 0.6 is 0 Å². The number of ether oxygens (including phenoxy) is 2. The van der Waals surface area contributed by atoms with Crippen LogP contribution in [0.2, 0.25) is 0 Å². The Morgan fingerprint density at radius 2 is 1.77 bits per heavy atom. The zero-order valence-corrected chi connectivity index (χ0v) is 18.2. The maximum Gasteiger partial charge on any atom is 0.289 e. The molecule has 4 aliphatic rings. The first kappa shape index (κ1) is 21.0. The standard InChI is InChI=1S/C25H34N2O4/c28-21-11-13-26(17-21)15-16-30-22-9-5-20(6-10-22)27-14-12-24(25(27)29)31-23-7-3-19(4-8-23)18-1-2-18/h3-4,7-8,12,18,20-22,28H,1-2,5-6,9-11,13-17H2. The number of aliphatic hydroxyl groups is 1. The van der Waals surface area contributed by atoms with E-state index in [9.17, 15) is 9.90 Å². The van der Waals surface area contributed by atoms with Crippen LogP contribution in [0.25, 0.3) is 0 Å². The number of likely N-dealkylation sites (tertiary alicyclic amines) is 1. The highest BCUT2D eigenvalue weighted by Crippen LogP contribution is 2.40. The lowest BCUT2D eigenvalue weighted by atomic mass is 9.92. The quantitative estimate of drug-likeness (QED) is 0.692. The molecule has 5 rings (SSSR count). The Bertz CT molecular complexity index is 796. The van der Waals surface area contributed by atoms with Gasteiger partial charge in [0.05, 0.1) is 18.8 Å². The second-order valence-electron chi connectivity index (χ2n) is 9.52. The second kappa shape index (κ2) is 9.31. The van der Waals surface area contributed by atoms with Gasteiger partial charge in [-0.15, -0.1) is 0 Å². The van der Waals surface area contributed by atoms with E-state index < -0.39 is 0 Å². The minimum Gasteiger partial charge on any atom is -0.452 e. The van der Waals surface area contributed by atoms with Crippen LogP contribution in [-0.4, -0.2) is 71.8 Å². The fourth-order valence-electron chi connectivity index (χ4n) is 5.13. The van der Waals surface area contributed by atoms with Crippen molar-refractivity contribution in [3.8, 4) is 5.75 Å². The third kappa shape index (κ3) is 5.13. The van der Waals surface area contributed by atoms with Crippen LogP contribution in [0, 0.1) is 0 Å². The van der Waals surface area contributed by atoms with Gasteiger partial charge >= 0.3 is 0 Å². The number of hydrogen-bond donors (Lipinski definition) is 1. The number of hydrogen-bond acceptors (Lipinski definition) is 5. The summed E-state index contributed by atoms with van der Waals surface area (Å²) in [4.78, 5) is 17.1. The molecular weight excluding hydrogens is 392 g/mol. The lowest BCUT2D eigenvalue weighted by Gasteiger charge is -2.34.